The van der Waals surface area contributed by atoms with Gasteiger partial charge in [0.15, 0.2) is 0 Å². The molecule has 26 heavy (non-hydrogen) atoms. The largest absolute Gasteiger partial charge is 0.336 e. The molecule has 1 aliphatic rings. The van der Waals surface area contributed by atoms with E-state index in [1.165, 1.54) is 11.3 Å². The van der Waals surface area contributed by atoms with Crippen LogP contribution in [0.1, 0.15) is 15.4 Å². The highest BCUT2D eigenvalue weighted by molar-refractivity contribution is 7.15. The maximum atomic E-state index is 12.6. The van der Waals surface area contributed by atoms with E-state index in [-0.39, 0.29) is 18.4 Å². The summed E-state index contributed by atoms with van der Waals surface area (Å²) in [6.07, 6.45) is 0. The Morgan fingerprint density at radius 3 is 2.54 bits per heavy atom. The van der Waals surface area contributed by atoms with Gasteiger partial charge in [-0.3, -0.25) is 19.8 Å². The first-order chi connectivity index (χ1) is 12.4. The number of halogens is 2. The predicted molar refractivity (Wildman–Crippen MR) is 102 cm³/mol. The number of nitrogens with one attached hydrogen (secondary N) is 1. The molecule has 3 rings (SSSR count). The first kappa shape index (κ1) is 19.0. The lowest BCUT2D eigenvalue weighted by Gasteiger charge is -2.34. The smallest absolute Gasteiger partial charge is 0.255 e. The van der Waals surface area contributed by atoms with Crippen molar-refractivity contribution in [3.05, 3.63) is 38.8 Å². The van der Waals surface area contributed by atoms with E-state index in [2.05, 4.69) is 15.5 Å². The highest BCUT2D eigenvalue weighted by Crippen LogP contribution is 2.23. The van der Waals surface area contributed by atoms with Gasteiger partial charge in [-0.25, -0.2) is 0 Å². The van der Waals surface area contributed by atoms with Gasteiger partial charge in [-0.15, -0.1) is 10.2 Å². The third kappa shape index (κ3) is 4.70. The number of hydrogen-bond donors (Lipinski definition) is 1. The zero-order valence-electron chi connectivity index (χ0n) is 14.0. The second-order valence-corrected chi connectivity index (χ2v) is 7.89. The number of aryl methyl sites for hydroxylation is 1. The van der Waals surface area contributed by atoms with Crippen LogP contribution < -0.4 is 5.32 Å². The van der Waals surface area contributed by atoms with Gasteiger partial charge in [0.2, 0.25) is 11.0 Å². The number of hydrogen-bond acceptors (Lipinski definition) is 6. The van der Waals surface area contributed by atoms with Crippen LogP contribution in [-0.2, 0) is 4.79 Å². The second kappa shape index (κ2) is 8.30. The molecule has 1 saturated heterocycles. The molecule has 2 heterocycles. The summed E-state index contributed by atoms with van der Waals surface area (Å²) in [5.74, 6) is -0.262. The highest BCUT2D eigenvalue weighted by atomic mass is 35.5. The van der Waals surface area contributed by atoms with E-state index in [1.54, 1.807) is 23.1 Å². The van der Waals surface area contributed by atoms with E-state index in [4.69, 9.17) is 23.2 Å². The van der Waals surface area contributed by atoms with Crippen molar-refractivity contribution in [2.75, 3.05) is 38.0 Å². The fourth-order valence-electron chi connectivity index (χ4n) is 2.65. The summed E-state index contributed by atoms with van der Waals surface area (Å²) < 4.78 is 0. The first-order valence-electron chi connectivity index (χ1n) is 7.99. The van der Waals surface area contributed by atoms with E-state index in [0.717, 1.165) is 5.01 Å². The topological polar surface area (TPSA) is 78.4 Å². The van der Waals surface area contributed by atoms with E-state index >= 15 is 0 Å². The summed E-state index contributed by atoms with van der Waals surface area (Å²) in [4.78, 5) is 28.4. The molecule has 1 N–H and O–H groups in total. The normalized spacial score (nSPS) is 15.1. The SMILES string of the molecule is Cc1nnc(NC(=O)CN2CCN(C(=O)c3ccc(Cl)cc3Cl)CC2)s1. The average molecular weight is 414 g/mol. The first-order valence-corrected chi connectivity index (χ1v) is 9.56. The molecule has 1 aromatic heterocycles. The summed E-state index contributed by atoms with van der Waals surface area (Å²) in [5, 5.41) is 12.6. The Kier molecular flexibility index (Phi) is 6.08. The van der Waals surface area contributed by atoms with E-state index in [1.807, 2.05) is 11.8 Å². The molecule has 1 aliphatic heterocycles. The molecule has 0 bridgehead atoms. The lowest BCUT2D eigenvalue weighted by molar-refractivity contribution is -0.117. The maximum Gasteiger partial charge on any atom is 0.255 e. The number of aromatic nitrogens is 2. The van der Waals surface area contributed by atoms with Gasteiger partial charge < -0.3 is 4.90 Å². The van der Waals surface area contributed by atoms with E-state index < -0.39 is 0 Å². The number of piperazine rings is 1. The summed E-state index contributed by atoms with van der Waals surface area (Å²) >= 11 is 13.3. The van der Waals surface area contributed by atoms with Crippen LogP contribution in [0.2, 0.25) is 10.0 Å². The highest BCUT2D eigenvalue weighted by Gasteiger charge is 2.24. The lowest BCUT2D eigenvalue weighted by Crippen LogP contribution is -2.50. The molecule has 0 aliphatic carbocycles. The number of carbonyl (C=O) groups excluding carboxylic acids is 2. The molecule has 1 aromatic carbocycles. The van der Waals surface area contributed by atoms with Crippen molar-refractivity contribution in [1.82, 2.24) is 20.0 Å². The standard InChI is InChI=1S/C16H17Cl2N5O2S/c1-10-20-21-16(26-10)19-14(24)9-22-4-6-23(7-5-22)15(25)12-3-2-11(17)8-13(12)18/h2-3,8H,4-7,9H2,1H3,(H,19,21,24). The van der Waals surface area contributed by atoms with Crippen LogP contribution in [0.25, 0.3) is 0 Å². The number of carbonyl (C=O) groups is 2. The van der Waals surface area contributed by atoms with Crippen molar-refractivity contribution in [2.45, 2.75) is 6.92 Å². The number of rotatable bonds is 4. The van der Waals surface area contributed by atoms with Crippen molar-refractivity contribution in [3.8, 4) is 0 Å². The van der Waals surface area contributed by atoms with Crippen LogP contribution in [0.3, 0.4) is 0 Å². The maximum absolute atomic E-state index is 12.6. The van der Waals surface area contributed by atoms with Gasteiger partial charge in [-0.2, -0.15) is 0 Å². The third-order valence-corrected chi connectivity index (χ3v) is 5.26. The zero-order valence-corrected chi connectivity index (χ0v) is 16.4. The van der Waals surface area contributed by atoms with Crippen LogP contribution in [0.4, 0.5) is 5.13 Å². The Labute approximate surface area is 164 Å². The van der Waals surface area contributed by atoms with Crippen molar-refractivity contribution < 1.29 is 9.59 Å². The predicted octanol–water partition coefficient (Wildman–Crippen LogP) is 2.55. The Bertz CT molecular complexity index is 821. The van der Waals surface area contributed by atoms with Gasteiger partial charge in [-0.1, -0.05) is 34.5 Å². The summed E-state index contributed by atoms with van der Waals surface area (Å²) in [6, 6.07) is 4.85. The van der Waals surface area contributed by atoms with Gasteiger partial charge in [0.1, 0.15) is 5.01 Å². The molecule has 138 valence electrons. The van der Waals surface area contributed by atoms with Crippen LogP contribution in [0.15, 0.2) is 18.2 Å². The molecule has 0 unspecified atom stereocenters. The quantitative estimate of drug-likeness (QED) is 0.832. The number of anilines is 1. The molecule has 2 amide bonds. The Hall–Kier alpha value is -1.74. The Balaban J connectivity index is 1.50. The number of nitrogens with zero attached hydrogens (tertiary/aromatic N) is 4. The molecule has 2 aromatic rings. The molecule has 7 nitrogen and oxygen atoms in total. The second-order valence-electron chi connectivity index (χ2n) is 5.87. The molecule has 0 saturated carbocycles. The summed E-state index contributed by atoms with van der Waals surface area (Å²) in [6.45, 7) is 4.36. The zero-order chi connectivity index (χ0) is 18.7. The molecule has 0 radical (unpaired) electrons. The molecule has 10 heteroatoms. The van der Waals surface area contributed by atoms with E-state index in [0.29, 0.717) is 46.9 Å². The molecular formula is C16H17Cl2N5O2S. The minimum Gasteiger partial charge on any atom is -0.336 e. The van der Waals surface area contributed by atoms with Gasteiger partial charge in [-0.05, 0) is 25.1 Å². The molecule has 0 atom stereocenters. The van der Waals surface area contributed by atoms with Crippen molar-refractivity contribution in [2.24, 2.45) is 0 Å². The van der Waals surface area contributed by atoms with Gasteiger partial charge in [0.25, 0.3) is 5.91 Å². The Morgan fingerprint density at radius 2 is 1.92 bits per heavy atom. The minimum absolute atomic E-state index is 0.125. The number of benzene rings is 1. The van der Waals surface area contributed by atoms with Crippen LogP contribution in [0.5, 0.6) is 0 Å². The van der Waals surface area contributed by atoms with Crippen LogP contribution in [0, 0.1) is 6.92 Å². The Morgan fingerprint density at radius 1 is 1.19 bits per heavy atom. The number of amides is 2. The van der Waals surface area contributed by atoms with Crippen molar-refractivity contribution in [3.63, 3.8) is 0 Å². The summed E-state index contributed by atoms with van der Waals surface area (Å²) in [5.41, 5.74) is 0.439. The van der Waals surface area contributed by atoms with Crippen molar-refractivity contribution >= 4 is 51.5 Å². The summed E-state index contributed by atoms with van der Waals surface area (Å²) in [7, 11) is 0. The third-order valence-electron chi connectivity index (χ3n) is 3.96. The van der Waals surface area contributed by atoms with Crippen LogP contribution >= 0.6 is 34.5 Å². The fourth-order valence-corrected chi connectivity index (χ4v) is 3.75. The molecular weight excluding hydrogens is 397 g/mol. The molecule has 1 fully saturated rings. The van der Waals surface area contributed by atoms with Gasteiger partial charge >= 0.3 is 0 Å². The van der Waals surface area contributed by atoms with Crippen molar-refractivity contribution in [1.29, 1.82) is 0 Å². The monoisotopic (exact) mass is 413 g/mol. The lowest BCUT2D eigenvalue weighted by atomic mass is 10.2. The van der Waals surface area contributed by atoms with Gasteiger partial charge in [0.05, 0.1) is 17.1 Å². The average Bonchev–Trinajstić information content (AvgIpc) is 2.99. The van der Waals surface area contributed by atoms with E-state index in [9.17, 15) is 9.59 Å². The van der Waals surface area contributed by atoms with Gasteiger partial charge in [0, 0.05) is 31.2 Å². The minimum atomic E-state index is -0.137. The fraction of sp³-hybridized carbons (Fsp3) is 0.375. The molecule has 0 spiro atoms. The van der Waals surface area contributed by atoms with Crippen LogP contribution in [-0.4, -0.2) is 64.5 Å².